The van der Waals surface area contributed by atoms with Crippen molar-refractivity contribution >= 4 is 11.8 Å². The number of rotatable bonds is 5. The van der Waals surface area contributed by atoms with Crippen LogP contribution >= 0.6 is 0 Å². The van der Waals surface area contributed by atoms with Gasteiger partial charge in [-0.05, 0) is 74.0 Å². The van der Waals surface area contributed by atoms with E-state index in [0.717, 1.165) is 12.2 Å². The van der Waals surface area contributed by atoms with E-state index < -0.39 is 11.4 Å². The summed E-state index contributed by atoms with van der Waals surface area (Å²) >= 11 is 0. The van der Waals surface area contributed by atoms with Gasteiger partial charge in [0.15, 0.2) is 5.76 Å². The lowest BCUT2D eigenvalue weighted by atomic mass is 9.39. The minimum atomic E-state index is -1.28. The molecule has 5 atom stereocenters. The zero-order valence-corrected chi connectivity index (χ0v) is 19.4. The molecule has 4 aliphatic rings. The summed E-state index contributed by atoms with van der Waals surface area (Å²) < 4.78 is 16.5. The number of ether oxygens (including phenoxy) is 2. The molecule has 0 N–H and O–H groups in total. The van der Waals surface area contributed by atoms with E-state index in [0.29, 0.717) is 12.8 Å². The van der Waals surface area contributed by atoms with Crippen molar-refractivity contribution in [2.45, 2.75) is 57.5 Å². The van der Waals surface area contributed by atoms with Crippen LogP contribution in [0.3, 0.4) is 0 Å². The number of nitrogens with zero attached hydrogens (tertiary/aromatic N) is 1. The maximum Gasteiger partial charge on any atom is 0.321 e. The number of methoxy groups -OCH3 is 1. The normalized spacial score (nSPS) is 35.3. The van der Waals surface area contributed by atoms with Gasteiger partial charge in [0.2, 0.25) is 5.78 Å². The highest BCUT2D eigenvalue weighted by Crippen LogP contribution is 2.68. The van der Waals surface area contributed by atoms with E-state index in [-0.39, 0.29) is 41.1 Å². The molecular formula is C26H31NO5. The minimum absolute atomic E-state index is 0.172. The molecule has 6 rings (SSSR count). The van der Waals surface area contributed by atoms with Gasteiger partial charge < -0.3 is 13.9 Å². The smallest absolute Gasteiger partial charge is 0.321 e. The molecular weight excluding hydrogens is 406 g/mol. The van der Waals surface area contributed by atoms with E-state index in [9.17, 15) is 9.59 Å². The first kappa shape index (κ1) is 21.3. The monoisotopic (exact) mass is 437 g/mol. The van der Waals surface area contributed by atoms with Crippen molar-refractivity contribution in [1.29, 1.82) is 0 Å². The van der Waals surface area contributed by atoms with Gasteiger partial charge >= 0.3 is 5.97 Å². The minimum Gasteiger partial charge on any atom is -0.497 e. The van der Waals surface area contributed by atoms with Crippen LogP contribution in [0, 0.1) is 10.8 Å². The summed E-state index contributed by atoms with van der Waals surface area (Å²) in [5.74, 6) is 0.391. The summed E-state index contributed by atoms with van der Waals surface area (Å²) in [5.41, 5.74) is 0.845. The SMILES string of the molecule is CCOC(=O)C1(C(=O)c2ccco2)CC2(C)C3Cc4cc(OC)ccc4C2(C)CC1N3C. The second-order valence-corrected chi connectivity index (χ2v) is 10.1. The van der Waals surface area contributed by atoms with Crippen LogP contribution in [0.15, 0.2) is 41.0 Å². The molecule has 2 aliphatic carbocycles. The Morgan fingerprint density at radius 3 is 2.66 bits per heavy atom. The van der Waals surface area contributed by atoms with Gasteiger partial charge in [-0.15, -0.1) is 0 Å². The van der Waals surface area contributed by atoms with Crippen molar-refractivity contribution in [2.24, 2.45) is 10.8 Å². The van der Waals surface area contributed by atoms with Crippen LogP contribution < -0.4 is 4.74 Å². The van der Waals surface area contributed by atoms with Gasteiger partial charge in [0.25, 0.3) is 0 Å². The van der Waals surface area contributed by atoms with Gasteiger partial charge in [0.05, 0.1) is 20.0 Å². The van der Waals surface area contributed by atoms with E-state index >= 15 is 0 Å². The molecule has 170 valence electrons. The van der Waals surface area contributed by atoms with E-state index in [4.69, 9.17) is 13.9 Å². The van der Waals surface area contributed by atoms with Gasteiger partial charge in [-0.2, -0.15) is 0 Å². The number of benzene rings is 1. The number of carbonyl (C=O) groups is 2. The number of fused-ring (bicyclic) bond motifs is 2. The van der Waals surface area contributed by atoms with Crippen molar-refractivity contribution < 1.29 is 23.5 Å². The third kappa shape index (κ3) is 2.44. The third-order valence-corrected chi connectivity index (χ3v) is 8.91. The Hall–Kier alpha value is -2.60. The highest BCUT2D eigenvalue weighted by atomic mass is 16.5. The summed E-state index contributed by atoms with van der Waals surface area (Å²) in [6.07, 6.45) is 3.48. The maximum atomic E-state index is 13.9. The predicted molar refractivity (Wildman–Crippen MR) is 119 cm³/mol. The first-order chi connectivity index (χ1) is 15.2. The van der Waals surface area contributed by atoms with Gasteiger partial charge in [-0.1, -0.05) is 19.9 Å². The van der Waals surface area contributed by atoms with Crippen LogP contribution in [-0.2, 0) is 21.4 Å². The number of hydrogen-bond acceptors (Lipinski definition) is 6. The zero-order valence-electron chi connectivity index (χ0n) is 19.4. The molecule has 5 unspecified atom stereocenters. The molecule has 6 heteroatoms. The Morgan fingerprint density at radius 1 is 1.22 bits per heavy atom. The number of piperidine rings is 2. The average molecular weight is 438 g/mol. The molecule has 1 aromatic carbocycles. The van der Waals surface area contributed by atoms with Crippen LogP contribution in [-0.4, -0.2) is 49.5 Å². The van der Waals surface area contributed by atoms with E-state index in [1.165, 1.54) is 17.4 Å². The number of ketones is 1. The molecule has 32 heavy (non-hydrogen) atoms. The van der Waals surface area contributed by atoms with Crippen LogP contribution in [0.5, 0.6) is 5.75 Å². The summed E-state index contributed by atoms with van der Waals surface area (Å²) in [6, 6.07) is 9.62. The number of likely N-dealkylation sites (N-methyl/N-ethyl adjacent to an activating group) is 1. The molecule has 1 saturated carbocycles. The molecule has 1 aromatic heterocycles. The first-order valence-electron chi connectivity index (χ1n) is 11.4. The second kappa shape index (κ2) is 6.95. The van der Waals surface area contributed by atoms with Gasteiger partial charge in [-0.3, -0.25) is 14.5 Å². The summed E-state index contributed by atoms with van der Waals surface area (Å²) in [4.78, 5) is 29.7. The standard InChI is InChI=1S/C26H31NO5/c1-6-31-23(29)26(22(28)19-8-7-11-32-19)15-25(3)20-13-16-12-17(30-5)9-10-18(16)24(25,2)14-21(26)27(20)4/h7-12,20-21H,6,13-15H2,1-5H3. The van der Waals surface area contributed by atoms with Crippen LogP contribution in [0.25, 0.3) is 0 Å². The number of furan rings is 1. The fourth-order valence-corrected chi connectivity index (χ4v) is 7.15. The lowest BCUT2D eigenvalue weighted by Crippen LogP contribution is -2.78. The molecule has 3 heterocycles. The van der Waals surface area contributed by atoms with Crippen LogP contribution in [0.1, 0.15) is 55.3 Å². The summed E-state index contributed by atoms with van der Waals surface area (Å²) in [6.45, 7) is 6.58. The number of hydrogen-bond donors (Lipinski definition) is 0. The molecule has 6 nitrogen and oxygen atoms in total. The fourth-order valence-electron chi connectivity index (χ4n) is 7.15. The van der Waals surface area contributed by atoms with Crippen molar-refractivity contribution in [3.05, 3.63) is 53.5 Å². The molecule has 4 bridgehead atoms. The Labute approximate surface area is 188 Å². The van der Waals surface area contributed by atoms with Crippen molar-refractivity contribution in [3.63, 3.8) is 0 Å². The Kier molecular flexibility index (Phi) is 4.61. The number of Topliss-reactive ketones (excluding diaryl/α,β-unsaturated/α-hetero) is 1. The third-order valence-electron chi connectivity index (χ3n) is 8.91. The highest BCUT2D eigenvalue weighted by Gasteiger charge is 2.74. The van der Waals surface area contributed by atoms with Crippen molar-refractivity contribution in [3.8, 4) is 5.75 Å². The van der Waals surface area contributed by atoms with Gasteiger partial charge in [0.1, 0.15) is 11.2 Å². The molecule has 0 amide bonds. The summed E-state index contributed by atoms with van der Waals surface area (Å²) in [5, 5.41) is 0. The molecule has 0 spiro atoms. The van der Waals surface area contributed by atoms with Gasteiger partial charge in [-0.25, -0.2) is 0 Å². The maximum absolute atomic E-state index is 13.9. The van der Waals surface area contributed by atoms with E-state index in [1.54, 1.807) is 26.2 Å². The Balaban J connectivity index is 1.68. The van der Waals surface area contributed by atoms with Crippen LogP contribution in [0.2, 0.25) is 0 Å². The van der Waals surface area contributed by atoms with Crippen LogP contribution in [0.4, 0.5) is 0 Å². The molecule has 3 fully saturated rings. The molecule has 0 radical (unpaired) electrons. The second-order valence-electron chi connectivity index (χ2n) is 10.1. The molecule has 2 aliphatic heterocycles. The van der Waals surface area contributed by atoms with Crippen molar-refractivity contribution in [1.82, 2.24) is 4.90 Å². The zero-order chi connectivity index (χ0) is 22.9. The highest BCUT2D eigenvalue weighted by molar-refractivity contribution is 6.12. The van der Waals surface area contributed by atoms with E-state index in [2.05, 4.69) is 37.9 Å². The first-order valence-corrected chi connectivity index (χ1v) is 11.4. The van der Waals surface area contributed by atoms with Crippen molar-refractivity contribution in [2.75, 3.05) is 20.8 Å². The Bertz CT molecular complexity index is 1080. The largest absolute Gasteiger partial charge is 0.497 e. The topological polar surface area (TPSA) is 69.0 Å². The number of carbonyl (C=O) groups excluding carboxylic acids is 2. The number of esters is 1. The fraction of sp³-hybridized carbons (Fsp3) is 0.538. The molecule has 2 saturated heterocycles. The summed E-state index contributed by atoms with van der Waals surface area (Å²) in [7, 11) is 3.75. The predicted octanol–water partition coefficient (Wildman–Crippen LogP) is 4.02. The molecule has 2 aromatic rings. The van der Waals surface area contributed by atoms with E-state index in [1.807, 2.05) is 6.07 Å². The van der Waals surface area contributed by atoms with Gasteiger partial charge in [0, 0.05) is 17.5 Å². The quantitative estimate of drug-likeness (QED) is 0.400. The average Bonchev–Trinajstić information content (AvgIpc) is 3.31. The lowest BCUT2D eigenvalue weighted by molar-refractivity contribution is -0.196. The Morgan fingerprint density at radius 2 is 2.00 bits per heavy atom. The lowest BCUT2D eigenvalue weighted by Gasteiger charge is -2.71.